The summed E-state index contributed by atoms with van der Waals surface area (Å²) in [6.07, 6.45) is -4.93. The van der Waals surface area contributed by atoms with E-state index in [0.29, 0.717) is 27.8 Å². The van der Waals surface area contributed by atoms with E-state index in [-0.39, 0.29) is 11.4 Å². The lowest BCUT2D eigenvalue weighted by atomic mass is 10.1. The smallest absolute Gasteiger partial charge is 0.419 e. The summed E-state index contributed by atoms with van der Waals surface area (Å²) in [5.41, 5.74) is -1.37. The van der Waals surface area contributed by atoms with Gasteiger partial charge < -0.3 is 10.2 Å². The van der Waals surface area contributed by atoms with Crippen LogP contribution in [0.2, 0.25) is 0 Å². The Morgan fingerprint density at radius 2 is 1.45 bits per heavy atom. The Morgan fingerprint density at radius 3 is 2.12 bits per heavy atom. The van der Waals surface area contributed by atoms with Crippen molar-refractivity contribution in [2.24, 2.45) is 0 Å². The fourth-order valence-electron chi connectivity index (χ4n) is 3.23. The maximum absolute atomic E-state index is 13.2. The highest BCUT2D eigenvalue weighted by Gasteiger charge is 2.35. The molecule has 5 nitrogen and oxygen atoms in total. The number of hydrogen-bond acceptors (Lipinski definition) is 5. The first-order valence-electron chi connectivity index (χ1n) is 9.47. The van der Waals surface area contributed by atoms with E-state index in [1.807, 2.05) is 30.3 Å². The van der Waals surface area contributed by atoms with Crippen molar-refractivity contribution in [3.8, 4) is 11.5 Å². The second kappa shape index (κ2) is 8.53. The number of halogens is 3. The van der Waals surface area contributed by atoms with Crippen molar-refractivity contribution < 1.29 is 31.8 Å². The minimum atomic E-state index is -4.93. The van der Waals surface area contributed by atoms with Gasteiger partial charge in [0.05, 0.1) is 21.0 Å². The third kappa shape index (κ3) is 4.71. The number of phenolic OH excluding ortho intramolecular Hbond substituents is 2. The van der Waals surface area contributed by atoms with Gasteiger partial charge in [-0.1, -0.05) is 54.2 Å². The molecule has 0 spiro atoms. The highest BCUT2D eigenvalue weighted by atomic mass is 32.2. The van der Waals surface area contributed by atoms with Gasteiger partial charge in [0, 0.05) is 15.7 Å². The van der Waals surface area contributed by atoms with Crippen molar-refractivity contribution in [3.05, 3.63) is 84.4 Å². The molecule has 0 aliphatic carbocycles. The second-order valence-corrected chi connectivity index (χ2v) is 9.81. The van der Waals surface area contributed by atoms with Crippen LogP contribution >= 0.6 is 11.8 Å². The van der Waals surface area contributed by atoms with Gasteiger partial charge in [0.25, 0.3) is 10.0 Å². The Balaban J connectivity index is 1.81. The van der Waals surface area contributed by atoms with E-state index in [4.69, 9.17) is 0 Å². The molecular weight excluding hydrogens is 475 g/mol. The predicted octanol–water partition coefficient (Wildman–Crippen LogP) is 6.22. The Kier molecular flexibility index (Phi) is 5.89. The van der Waals surface area contributed by atoms with E-state index in [1.165, 1.54) is 17.8 Å². The van der Waals surface area contributed by atoms with Gasteiger partial charge in [-0.05, 0) is 36.4 Å². The molecule has 170 valence electrons. The third-order valence-electron chi connectivity index (χ3n) is 4.78. The molecule has 0 saturated heterocycles. The summed E-state index contributed by atoms with van der Waals surface area (Å²) < 4.78 is 67.7. The first-order chi connectivity index (χ1) is 15.6. The van der Waals surface area contributed by atoms with Crippen LogP contribution in [-0.2, 0) is 16.2 Å². The summed E-state index contributed by atoms with van der Waals surface area (Å²) in [5.74, 6) is -1.12. The van der Waals surface area contributed by atoms with Gasteiger partial charge in [-0.15, -0.1) is 0 Å². The number of hydrogen-bond donors (Lipinski definition) is 3. The number of benzene rings is 4. The summed E-state index contributed by atoms with van der Waals surface area (Å²) in [4.78, 5) is 0.492. The highest BCUT2D eigenvalue weighted by molar-refractivity contribution is 7.99. The zero-order valence-electron chi connectivity index (χ0n) is 16.7. The van der Waals surface area contributed by atoms with Gasteiger partial charge in [0.2, 0.25) is 0 Å². The van der Waals surface area contributed by atoms with Crippen molar-refractivity contribution in [2.45, 2.75) is 20.9 Å². The molecule has 0 atom stereocenters. The number of rotatable bonds is 5. The molecular formula is C23H16F3NO4S2. The van der Waals surface area contributed by atoms with Gasteiger partial charge >= 0.3 is 6.18 Å². The van der Waals surface area contributed by atoms with Gasteiger partial charge in [-0.2, -0.15) is 13.2 Å². The number of alkyl halides is 3. The quantitative estimate of drug-likeness (QED) is 0.289. The zero-order chi connectivity index (χ0) is 23.8. The largest absolute Gasteiger partial charge is 0.507 e. The van der Waals surface area contributed by atoms with Crippen LogP contribution in [0.4, 0.5) is 18.9 Å². The van der Waals surface area contributed by atoms with Crippen molar-refractivity contribution >= 4 is 38.2 Å². The van der Waals surface area contributed by atoms with Crippen LogP contribution in [0.3, 0.4) is 0 Å². The summed E-state index contributed by atoms with van der Waals surface area (Å²) in [6.45, 7) is 0. The molecule has 0 aromatic heterocycles. The van der Waals surface area contributed by atoms with Crippen LogP contribution in [0.1, 0.15) is 5.56 Å². The fraction of sp³-hybridized carbons (Fsp3) is 0.0435. The molecule has 4 aromatic carbocycles. The average molecular weight is 492 g/mol. The summed E-state index contributed by atoms with van der Waals surface area (Å²) in [7, 11) is -4.46. The van der Waals surface area contributed by atoms with Crippen molar-refractivity contribution in [1.29, 1.82) is 0 Å². The first-order valence-corrected chi connectivity index (χ1v) is 11.8. The minimum absolute atomic E-state index is 0.0496. The fourth-order valence-corrected chi connectivity index (χ4v) is 5.25. The first kappa shape index (κ1) is 22.8. The van der Waals surface area contributed by atoms with E-state index >= 15 is 0 Å². The third-order valence-corrected chi connectivity index (χ3v) is 7.18. The normalized spacial score (nSPS) is 12.1. The average Bonchev–Trinajstić information content (AvgIpc) is 2.77. The second-order valence-electron chi connectivity index (χ2n) is 7.01. The summed E-state index contributed by atoms with van der Waals surface area (Å²) >= 11 is 1.21. The van der Waals surface area contributed by atoms with Gasteiger partial charge in [0.15, 0.2) is 0 Å². The van der Waals surface area contributed by atoms with Gasteiger partial charge in [-0.25, -0.2) is 8.42 Å². The summed E-state index contributed by atoms with van der Waals surface area (Å²) in [5, 5.41) is 21.0. The Hall–Kier alpha value is -3.37. The van der Waals surface area contributed by atoms with E-state index in [9.17, 15) is 31.8 Å². The van der Waals surface area contributed by atoms with Gasteiger partial charge in [0.1, 0.15) is 11.5 Å². The van der Waals surface area contributed by atoms with Crippen LogP contribution in [0.5, 0.6) is 11.5 Å². The highest BCUT2D eigenvalue weighted by Crippen LogP contribution is 2.43. The van der Waals surface area contributed by atoms with Crippen LogP contribution in [0, 0.1) is 0 Å². The number of sulfonamides is 1. The maximum Gasteiger partial charge on any atom is 0.419 e. The Bertz CT molecular complexity index is 1440. The number of aromatic hydroxyl groups is 2. The molecule has 10 heteroatoms. The predicted molar refractivity (Wildman–Crippen MR) is 120 cm³/mol. The molecule has 0 unspecified atom stereocenters. The van der Waals surface area contributed by atoms with Crippen molar-refractivity contribution in [3.63, 3.8) is 0 Å². The lowest BCUT2D eigenvalue weighted by molar-refractivity contribution is -0.138. The molecule has 33 heavy (non-hydrogen) atoms. The van der Waals surface area contributed by atoms with Gasteiger partial charge in [-0.3, -0.25) is 4.72 Å². The lowest BCUT2D eigenvalue weighted by Crippen LogP contribution is -2.15. The Morgan fingerprint density at radius 1 is 0.818 bits per heavy atom. The molecule has 4 rings (SSSR count). The molecule has 0 radical (unpaired) electrons. The summed E-state index contributed by atoms with van der Waals surface area (Å²) in [6, 6.07) is 19.0. The standard InChI is InChI=1S/C23H16F3NO4S2/c24-23(25,26)18-12-15(10-11-20(18)28)33(30,31)27-19-13-21(32-14-6-2-1-3-7-14)22(29)17-9-5-4-8-16(17)19/h1-13,27-29H. The molecule has 0 aliphatic rings. The molecule has 0 heterocycles. The SMILES string of the molecule is O=S(=O)(Nc1cc(Sc2ccccc2)c(O)c2ccccc12)c1ccc(O)c(C(F)(F)F)c1. The molecule has 0 amide bonds. The molecule has 4 aromatic rings. The Labute approximate surface area is 191 Å². The monoisotopic (exact) mass is 491 g/mol. The van der Waals surface area contributed by atoms with E-state index < -0.39 is 32.4 Å². The number of nitrogens with one attached hydrogen (secondary N) is 1. The van der Waals surface area contributed by atoms with Crippen LogP contribution < -0.4 is 4.72 Å². The zero-order valence-corrected chi connectivity index (χ0v) is 18.3. The van der Waals surface area contributed by atoms with E-state index in [1.54, 1.807) is 24.3 Å². The topological polar surface area (TPSA) is 86.6 Å². The van der Waals surface area contributed by atoms with Crippen LogP contribution in [-0.4, -0.2) is 18.6 Å². The number of phenols is 2. The molecule has 3 N–H and O–H groups in total. The van der Waals surface area contributed by atoms with Crippen LogP contribution in [0.15, 0.2) is 93.5 Å². The van der Waals surface area contributed by atoms with Crippen molar-refractivity contribution in [2.75, 3.05) is 4.72 Å². The maximum atomic E-state index is 13.2. The van der Waals surface area contributed by atoms with Crippen molar-refractivity contribution in [1.82, 2.24) is 0 Å². The number of fused-ring (bicyclic) bond motifs is 1. The minimum Gasteiger partial charge on any atom is -0.507 e. The van der Waals surface area contributed by atoms with E-state index in [2.05, 4.69) is 4.72 Å². The lowest BCUT2D eigenvalue weighted by Gasteiger charge is -2.16. The molecule has 0 aliphatic heterocycles. The molecule has 0 saturated carbocycles. The van der Waals surface area contributed by atoms with E-state index in [0.717, 1.165) is 11.0 Å². The molecule has 0 bridgehead atoms. The number of anilines is 1. The van der Waals surface area contributed by atoms with Crippen LogP contribution in [0.25, 0.3) is 10.8 Å². The molecule has 0 fully saturated rings.